The fourth-order valence-corrected chi connectivity index (χ4v) is 3.51. The lowest BCUT2D eigenvalue weighted by atomic mass is 9.95. The van der Waals surface area contributed by atoms with E-state index in [9.17, 15) is 9.59 Å². The van der Waals surface area contributed by atoms with Crippen molar-refractivity contribution in [2.24, 2.45) is 11.8 Å². The summed E-state index contributed by atoms with van der Waals surface area (Å²) in [4.78, 5) is 24.6. The van der Waals surface area contributed by atoms with Crippen molar-refractivity contribution in [3.8, 4) is 0 Å². The number of hydrogen-bond donors (Lipinski definition) is 2. The third kappa shape index (κ3) is 3.92. The van der Waals surface area contributed by atoms with Crippen LogP contribution in [-0.2, 0) is 16.0 Å². The average molecular weight is 314 g/mol. The lowest BCUT2D eigenvalue weighted by molar-refractivity contribution is -0.126. The van der Waals surface area contributed by atoms with Gasteiger partial charge in [-0.3, -0.25) is 9.59 Å². The maximum atomic E-state index is 12.4. The SMILES string of the molecule is CCc1ccccc1NC(=O)C1CC1C(=O)NC1CCCCC1. The van der Waals surface area contributed by atoms with E-state index in [0.29, 0.717) is 12.5 Å². The highest BCUT2D eigenvalue weighted by molar-refractivity contribution is 5.99. The summed E-state index contributed by atoms with van der Waals surface area (Å²) in [6, 6.07) is 8.17. The second kappa shape index (κ2) is 7.16. The number of rotatable bonds is 5. The quantitative estimate of drug-likeness (QED) is 0.876. The van der Waals surface area contributed by atoms with Crippen LogP contribution in [0.5, 0.6) is 0 Å². The van der Waals surface area contributed by atoms with Gasteiger partial charge in [0.25, 0.3) is 0 Å². The van der Waals surface area contributed by atoms with Crippen LogP contribution in [0.3, 0.4) is 0 Å². The van der Waals surface area contributed by atoms with Gasteiger partial charge in [0.2, 0.25) is 11.8 Å². The molecule has 1 aromatic rings. The lowest BCUT2D eigenvalue weighted by Gasteiger charge is -2.22. The third-order valence-electron chi connectivity index (χ3n) is 5.07. The maximum Gasteiger partial charge on any atom is 0.228 e. The second-order valence-corrected chi connectivity index (χ2v) is 6.79. The molecule has 2 fully saturated rings. The fraction of sp³-hybridized carbons (Fsp3) is 0.579. The zero-order chi connectivity index (χ0) is 16.2. The van der Waals surface area contributed by atoms with Crippen LogP contribution in [0.2, 0.25) is 0 Å². The van der Waals surface area contributed by atoms with Crippen molar-refractivity contribution in [3.63, 3.8) is 0 Å². The lowest BCUT2D eigenvalue weighted by Crippen LogP contribution is -2.37. The van der Waals surface area contributed by atoms with Gasteiger partial charge >= 0.3 is 0 Å². The minimum Gasteiger partial charge on any atom is -0.353 e. The minimum atomic E-state index is -0.163. The maximum absolute atomic E-state index is 12.4. The molecule has 0 aliphatic heterocycles. The first-order valence-corrected chi connectivity index (χ1v) is 8.88. The van der Waals surface area contributed by atoms with Crippen molar-refractivity contribution in [2.45, 2.75) is 57.9 Å². The summed E-state index contributed by atoms with van der Waals surface area (Å²) in [7, 11) is 0. The number of amides is 2. The van der Waals surface area contributed by atoms with Crippen LogP contribution in [0, 0.1) is 11.8 Å². The van der Waals surface area contributed by atoms with Gasteiger partial charge in [0.15, 0.2) is 0 Å². The Balaban J connectivity index is 1.51. The van der Waals surface area contributed by atoms with Crippen molar-refractivity contribution in [1.29, 1.82) is 0 Å². The van der Waals surface area contributed by atoms with Gasteiger partial charge in [-0.1, -0.05) is 44.4 Å². The molecular weight excluding hydrogens is 288 g/mol. The van der Waals surface area contributed by atoms with Crippen molar-refractivity contribution < 1.29 is 9.59 Å². The first-order chi connectivity index (χ1) is 11.2. The molecule has 4 heteroatoms. The molecular formula is C19H26N2O2. The Kier molecular flexibility index (Phi) is 4.99. The largest absolute Gasteiger partial charge is 0.353 e. The molecule has 2 saturated carbocycles. The van der Waals surface area contributed by atoms with Crippen molar-refractivity contribution >= 4 is 17.5 Å². The third-order valence-corrected chi connectivity index (χ3v) is 5.07. The van der Waals surface area contributed by atoms with Crippen LogP contribution in [0.4, 0.5) is 5.69 Å². The molecule has 124 valence electrons. The molecule has 2 unspecified atom stereocenters. The highest BCUT2D eigenvalue weighted by atomic mass is 16.2. The van der Waals surface area contributed by atoms with E-state index in [1.807, 2.05) is 24.3 Å². The number of carbonyl (C=O) groups excluding carboxylic acids is 2. The van der Waals surface area contributed by atoms with E-state index in [4.69, 9.17) is 0 Å². The van der Waals surface area contributed by atoms with Gasteiger partial charge in [0.05, 0.1) is 11.8 Å². The Labute approximate surface area is 138 Å². The van der Waals surface area contributed by atoms with E-state index < -0.39 is 0 Å². The summed E-state index contributed by atoms with van der Waals surface area (Å²) in [5, 5.41) is 6.13. The number of benzene rings is 1. The second-order valence-electron chi connectivity index (χ2n) is 6.79. The van der Waals surface area contributed by atoms with Crippen LogP contribution in [0.15, 0.2) is 24.3 Å². The highest BCUT2D eigenvalue weighted by Crippen LogP contribution is 2.40. The van der Waals surface area contributed by atoms with Crippen LogP contribution < -0.4 is 10.6 Å². The average Bonchev–Trinajstić information content (AvgIpc) is 3.37. The van der Waals surface area contributed by atoms with Gasteiger partial charge in [0.1, 0.15) is 0 Å². The molecule has 0 bridgehead atoms. The predicted octanol–water partition coefficient (Wildman–Crippen LogP) is 3.27. The Morgan fingerprint density at radius 2 is 1.74 bits per heavy atom. The Hall–Kier alpha value is -1.84. The first-order valence-electron chi connectivity index (χ1n) is 8.88. The summed E-state index contributed by atoms with van der Waals surface area (Å²) in [6.07, 6.45) is 7.40. The van der Waals surface area contributed by atoms with Gasteiger partial charge in [0, 0.05) is 11.7 Å². The molecule has 0 radical (unpaired) electrons. The van der Waals surface area contributed by atoms with E-state index in [1.165, 1.54) is 19.3 Å². The topological polar surface area (TPSA) is 58.2 Å². The summed E-state index contributed by atoms with van der Waals surface area (Å²) in [5.74, 6) is -0.246. The first kappa shape index (κ1) is 16.0. The number of carbonyl (C=O) groups is 2. The van der Waals surface area contributed by atoms with Gasteiger partial charge in [-0.05, 0) is 37.3 Å². The molecule has 0 aromatic heterocycles. The van der Waals surface area contributed by atoms with Gasteiger partial charge in [-0.15, -0.1) is 0 Å². The minimum absolute atomic E-state index is 0.0188. The fourth-order valence-electron chi connectivity index (χ4n) is 3.51. The Bertz CT molecular complexity index is 578. The highest BCUT2D eigenvalue weighted by Gasteiger charge is 2.48. The molecule has 2 aliphatic carbocycles. The zero-order valence-corrected chi connectivity index (χ0v) is 13.8. The molecule has 2 aliphatic rings. The molecule has 2 atom stereocenters. The Morgan fingerprint density at radius 3 is 2.48 bits per heavy atom. The summed E-state index contributed by atoms with van der Waals surface area (Å²) in [5.41, 5.74) is 2.00. The van der Waals surface area contributed by atoms with Crippen molar-refractivity contribution in [2.75, 3.05) is 5.32 Å². The van der Waals surface area contributed by atoms with Gasteiger partial charge < -0.3 is 10.6 Å². The molecule has 23 heavy (non-hydrogen) atoms. The summed E-state index contributed by atoms with van der Waals surface area (Å²) < 4.78 is 0. The van der Waals surface area contributed by atoms with Crippen molar-refractivity contribution in [3.05, 3.63) is 29.8 Å². The van der Waals surface area contributed by atoms with Crippen LogP contribution in [0.25, 0.3) is 0 Å². The van der Waals surface area contributed by atoms with E-state index in [1.54, 1.807) is 0 Å². The predicted molar refractivity (Wildman–Crippen MR) is 91.1 cm³/mol. The molecule has 0 heterocycles. The number of nitrogens with one attached hydrogen (secondary N) is 2. The molecule has 3 rings (SSSR count). The number of para-hydroxylation sites is 1. The van der Waals surface area contributed by atoms with E-state index in [0.717, 1.165) is 30.5 Å². The van der Waals surface area contributed by atoms with Crippen LogP contribution in [-0.4, -0.2) is 17.9 Å². The molecule has 2 N–H and O–H groups in total. The molecule has 4 nitrogen and oxygen atoms in total. The smallest absolute Gasteiger partial charge is 0.228 e. The van der Waals surface area contributed by atoms with E-state index >= 15 is 0 Å². The molecule has 0 saturated heterocycles. The summed E-state index contributed by atoms with van der Waals surface area (Å²) in [6.45, 7) is 2.07. The molecule has 2 amide bonds. The standard InChI is InChI=1S/C19H26N2O2/c1-2-13-8-6-7-11-17(13)21-19(23)16-12-15(16)18(22)20-14-9-4-3-5-10-14/h6-8,11,14-16H,2-5,9-10,12H2,1H3,(H,20,22)(H,21,23). The number of aryl methyl sites for hydroxylation is 1. The molecule has 1 aromatic carbocycles. The zero-order valence-electron chi connectivity index (χ0n) is 13.8. The normalized spacial score (nSPS) is 24.0. The van der Waals surface area contributed by atoms with Gasteiger partial charge in [-0.25, -0.2) is 0 Å². The van der Waals surface area contributed by atoms with Gasteiger partial charge in [-0.2, -0.15) is 0 Å². The number of anilines is 1. The van der Waals surface area contributed by atoms with Crippen LogP contribution in [0.1, 0.15) is 51.0 Å². The Morgan fingerprint density at radius 1 is 1.04 bits per heavy atom. The van der Waals surface area contributed by atoms with Crippen molar-refractivity contribution in [1.82, 2.24) is 5.32 Å². The summed E-state index contributed by atoms with van der Waals surface area (Å²) >= 11 is 0. The van der Waals surface area contributed by atoms with E-state index in [-0.39, 0.29) is 23.7 Å². The van der Waals surface area contributed by atoms with E-state index in [2.05, 4.69) is 17.6 Å². The molecule has 0 spiro atoms. The van der Waals surface area contributed by atoms with Crippen LogP contribution >= 0.6 is 0 Å². The monoisotopic (exact) mass is 314 g/mol. The number of hydrogen-bond acceptors (Lipinski definition) is 2.